The molecule has 2 nitrogen and oxygen atoms in total. The van der Waals surface area contributed by atoms with Crippen LogP contribution in [0.15, 0.2) is 0 Å². The lowest BCUT2D eigenvalue weighted by Crippen LogP contribution is -2.29. The van der Waals surface area contributed by atoms with Crippen molar-refractivity contribution in [2.75, 3.05) is 28.2 Å². The van der Waals surface area contributed by atoms with E-state index in [0.717, 1.165) is 0 Å². The van der Waals surface area contributed by atoms with Gasteiger partial charge in [-0.05, 0) is 54.9 Å². The fourth-order valence-corrected chi connectivity index (χ4v) is 0.999. The SMILES string of the molecule is CC(CC[C@@H](C)N(C)C)N(C)C. The standard InChI is InChI=1S/C10H24N2/c1-9(11(3)4)7-8-10(2)12(5)6/h9-10H,7-8H2,1-6H3/t9-,10?/m1/s1. The topological polar surface area (TPSA) is 6.48 Å². The molecule has 0 amide bonds. The lowest BCUT2D eigenvalue weighted by Gasteiger charge is -2.24. The molecule has 0 spiro atoms. The van der Waals surface area contributed by atoms with E-state index in [-0.39, 0.29) is 0 Å². The Hall–Kier alpha value is -0.0800. The monoisotopic (exact) mass is 172 g/mol. The Labute approximate surface area is 77.5 Å². The Morgan fingerprint density at radius 1 is 0.750 bits per heavy atom. The van der Waals surface area contributed by atoms with Gasteiger partial charge in [-0.15, -0.1) is 0 Å². The quantitative estimate of drug-likeness (QED) is 0.622. The van der Waals surface area contributed by atoms with Gasteiger partial charge in [-0.25, -0.2) is 0 Å². The molecule has 0 N–H and O–H groups in total. The molecule has 12 heavy (non-hydrogen) atoms. The highest BCUT2D eigenvalue weighted by Gasteiger charge is 2.08. The number of rotatable bonds is 5. The normalized spacial score (nSPS) is 17.0. The average Bonchev–Trinajstić information content (AvgIpc) is 1.98. The second kappa shape index (κ2) is 5.55. The summed E-state index contributed by atoms with van der Waals surface area (Å²) in [4.78, 5) is 4.56. The van der Waals surface area contributed by atoms with Gasteiger partial charge < -0.3 is 9.80 Å². The summed E-state index contributed by atoms with van der Waals surface area (Å²) in [6.45, 7) is 4.56. The minimum atomic E-state index is 0.701. The van der Waals surface area contributed by atoms with Crippen molar-refractivity contribution in [3.05, 3.63) is 0 Å². The van der Waals surface area contributed by atoms with Crippen molar-refractivity contribution in [1.82, 2.24) is 9.80 Å². The minimum Gasteiger partial charge on any atom is -0.307 e. The zero-order valence-electron chi connectivity index (χ0n) is 9.46. The van der Waals surface area contributed by atoms with Crippen LogP contribution in [0.25, 0.3) is 0 Å². The van der Waals surface area contributed by atoms with E-state index in [1.807, 2.05) is 0 Å². The maximum atomic E-state index is 2.28. The largest absolute Gasteiger partial charge is 0.307 e. The minimum absolute atomic E-state index is 0.701. The molecular weight excluding hydrogens is 148 g/mol. The molecule has 0 fully saturated rings. The summed E-state index contributed by atoms with van der Waals surface area (Å²) in [7, 11) is 8.58. The highest BCUT2D eigenvalue weighted by molar-refractivity contribution is 4.65. The first-order valence-corrected chi connectivity index (χ1v) is 4.78. The van der Waals surface area contributed by atoms with Gasteiger partial charge in [0.15, 0.2) is 0 Å². The highest BCUT2D eigenvalue weighted by atomic mass is 15.1. The molecule has 0 bridgehead atoms. The summed E-state index contributed by atoms with van der Waals surface area (Å²) in [6, 6.07) is 1.40. The lowest BCUT2D eigenvalue weighted by molar-refractivity contribution is 0.244. The first-order valence-electron chi connectivity index (χ1n) is 4.78. The first kappa shape index (κ1) is 11.9. The highest BCUT2D eigenvalue weighted by Crippen LogP contribution is 2.07. The van der Waals surface area contributed by atoms with Gasteiger partial charge in [-0.3, -0.25) is 0 Å². The molecule has 0 aliphatic heterocycles. The third-order valence-corrected chi connectivity index (χ3v) is 2.77. The van der Waals surface area contributed by atoms with E-state index >= 15 is 0 Å². The third kappa shape index (κ3) is 4.73. The van der Waals surface area contributed by atoms with Crippen LogP contribution < -0.4 is 0 Å². The van der Waals surface area contributed by atoms with Crippen molar-refractivity contribution in [2.24, 2.45) is 0 Å². The zero-order chi connectivity index (χ0) is 9.72. The zero-order valence-corrected chi connectivity index (χ0v) is 9.46. The summed E-state index contributed by atoms with van der Waals surface area (Å²) in [5.74, 6) is 0. The number of hydrogen-bond donors (Lipinski definition) is 0. The maximum Gasteiger partial charge on any atom is 0.00614 e. The maximum absolute atomic E-state index is 2.28. The molecule has 0 saturated heterocycles. The molecule has 0 radical (unpaired) electrons. The van der Waals surface area contributed by atoms with Gasteiger partial charge in [0, 0.05) is 12.1 Å². The predicted molar refractivity (Wildman–Crippen MR) is 55.5 cm³/mol. The Bertz CT molecular complexity index is 96.4. The summed E-state index contributed by atoms with van der Waals surface area (Å²) in [6.07, 6.45) is 2.57. The Morgan fingerprint density at radius 2 is 1.00 bits per heavy atom. The van der Waals surface area contributed by atoms with Crippen LogP contribution in [0, 0.1) is 0 Å². The Balaban J connectivity index is 3.54. The van der Waals surface area contributed by atoms with Crippen LogP contribution in [0.3, 0.4) is 0 Å². The van der Waals surface area contributed by atoms with Gasteiger partial charge >= 0.3 is 0 Å². The van der Waals surface area contributed by atoms with Gasteiger partial charge in [-0.2, -0.15) is 0 Å². The van der Waals surface area contributed by atoms with Crippen LogP contribution >= 0.6 is 0 Å². The van der Waals surface area contributed by atoms with Crippen LogP contribution in [0.5, 0.6) is 0 Å². The molecule has 2 atom stereocenters. The number of nitrogens with zero attached hydrogens (tertiary/aromatic N) is 2. The fourth-order valence-electron chi connectivity index (χ4n) is 0.999. The van der Waals surface area contributed by atoms with E-state index in [1.165, 1.54) is 12.8 Å². The van der Waals surface area contributed by atoms with Gasteiger partial charge in [0.25, 0.3) is 0 Å². The van der Waals surface area contributed by atoms with Crippen molar-refractivity contribution >= 4 is 0 Å². The van der Waals surface area contributed by atoms with Gasteiger partial charge in [0.05, 0.1) is 0 Å². The molecule has 0 heterocycles. The van der Waals surface area contributed by atoms with Gasteiger partial charge in [0.1, 0.15) is 0 Å². The molecular formula is C10H24N2. The molecule has 0 aromatic heterocycles. The van der Waals surface area contributed by atoms with E-state index in [9.17, 15) is 0 Å². The third-order valence-electron chi connectivity index (χ3n) is 2.77. The van der Waals surface area contributed by atoms with Crippen LogP contribution in [0.4, 0.5) is 0 Å². The van der Waals surface area contributed by atoms with Crippen LogP contribution in [-0.4, -0.2) is 50.1 Å². The lowest BCUT2D eigenvalue weighted by atomic mass is 10.1. The van der Waals surface area contributed by atoms with Crippen molar-refractivity contribution in [2.45, 2.75) is 38.8 Å². The van der Waals surface area contributed by atoms with Gasteiger partial charge in [0.2, 0.25) is 0 Å². The first-order chi connectivity index (χ1) is 5.45. The van der Waals surface area contributed by atoms with E-state index in [2.05, 4.69) is 51.8 Å². The summed E-state index contributed by atoms with van der Waals surface area (Å²) in [5, 5.41) is 0. The predicted octanol–water partition coefficient (Wildman–Crippen LogP) is 1.67. The van der Waals surface area contributed by atoms with E-state index in [0.29, 0.717) is 12.1 Å². The molecule has 0 aliphatic carbocycles. The van der Waals surface area contributed by atoms with Crippen LogP contribution in [-0.2, 0) is 0 Å². The number of hydrogen-bond acceptors (Lipinski definition) is 2. The Kier molecular flexibility index (Phi) is 5.51. The summed E-state index contributed by atoms with van der Waals surface area (Å²) >= 11 is 0. The van der Waals surface area contributed by atoms with E-state index in [1.54, 1.807) is 0 Å². The summed E-state index contributed by atoms with van der Waals surface area (Å²) < 4.78 is 0. The van der Waals surface area contributed by atoms with Crippen LogP contribution in [0.1, 0.15) is 26.7 Å². The van der Waals surface area contributed by atoms with Crippen molar-refractivity contribution in [1.29, 1.82) is 0 Å². The molecule has 0 aromatic rings. The molecule has 0 aliphatic rings. The molecule has 0 saturated carbocycles. The van der Waals surface area contributed by atoms with E-state index in [4.69, 9.17) is 0 Å². The van der Waals surface area contributed by atoms with Crippen LogP contribution in [0.2, 0.25) is 0 Å². The van der Waals surface area contributed by atoms with Crippen molar-refractivity contribution in [3.63, 3.8) is 0 Å². The Morgan fingerprint density at radius 3 is 1.17 bits per heavy atom. The van der Waals surface area contributed by atoms with Crippen molar-refractivity contribution in [3.8, 4) is 0 Å². The van der Waals surface area contributed by atoms with E-state index < -0.39 is 0 Å². The molecule has 2 heteroatoms. The van der Waals surface area contributed by atoms with Crippen molar-refractivity contribution < 1.29 is 0 Å². The smallest absolute Gasteiger partial charge is 0.00614 e. The fraction of sp³-hybridized carbons (Fsp3) is 1.00. The second-order valence-electron chi connectivity index (χ2n) is 4.20. The molecule has 1 unspecified atom stereocenters. The molecule has 0 rings (SSSR count). The average molecular weight is 172 g/mol. The summed E-state index contributed by atoms with van der Waals surface area (Å²) in [5.41, 5.74) is 0. The second-order valence-corrected chi connectivity index (χ2v) is 4.20. The molecule has 74 valence electrons. The molecule has 0 aromatic carbocycles. The van der Waals surface area contributed by atoms with Gasteiger partial charge in [-0.1, -0.05) is 0 Å².